The largest absolute Gasteiger partial charge is 0.501 e. The molecule has 2 N–H and O–H groups in total. The maximum Gasteiger partial charge on any atom is 0.238 e. The lowest BCUT2D eigenvalue weighted by molar-refractivity contribution is 0.359. The van der Waals surface area contributed by atoms with Gasteiger partial charge in [0.2, 0.25) is 11.6 Å². The van der Waals surface area contributed by atoms with Crippen LogP contribution in [0.5, 0.6) is 11.6 Å². The van der Waals surface area contributed by atoms with Gasteiger partial charge in [0.1, 0.15) is 0 Å². The molecule has 6 heteroatoms. The quantitative estimate of drug-likeness (QED) is 0.736. The molecule has 0 aliphatic carbocycles. The van der Waals surface area contributed by atoms with Gasteiger partial charge in [-0.25, -0.2) is 9.37 Å². The minimum atomic E-state index is -0.689. The standard InChI is InChI=1S/C15H22FN3O2/c1-2-3-4-6-12-13(16)14(20)15(21)19(12)9-5-8-18-10-7-17-11-18/h7,10-11,20-21H,2-6,8-9H2,1H3. The molecule has 0 atom stereocenters. The van der Waals surface area contributed by atoms with E-state index in [9.17, 15) is 14.6 Å². The Labute approximate surface area is 123 Å². The molecule has 0 aliphatic rings. The predicted molar refractivity (Wildman–Crippen MR) is 77.8 cm³/mol. The highest BCUT2D eigenvalue weighted by atomic mass is 19.1. The molecule has 116 valence electrons. The van der Waals surface area contributed by atoms with Crippen molar-refractivity contribution >= 4 is 0 Å². The van der Waals surface area contributed by atoms with E-state index in [0.29, 0.717) is 18.7 Å². The normalized spacial score (nSPS) is 11.1. The van der Waals surface area contributed by atoms with E-state index in [0.717, 1.165) is 32.2 Å². The molecular formula is C15H22FN3O2. The van der Waals surface area contributed by atoms with Gasteiger partial charge in [0.15, 0.2) is 5.82 Å². The molecular weight excluding hydrogens is 273 g/mol. The Morgan fingerprint density at radius 1 is 1.19 bits per heavy atom. The van der Waals surface area contributed by atoms with Crippen molar-refractivity contribution in [3.63, 3.8) is 0 Å². The number of imidazole rings is 1. The zero-order valence-corrected chi connectivity index (χ0v) is 12.3. The molecule has 2 heterocycles. The summed E-state index contributed by atoms with van der Waals surface area (Å²) in [6, 6.07) is 0. The van der Waals surface area contributed by atoms with Crippen LogP contribution in [0, 0.1) is 5.82 Å². The fourth-order valence-corrected chi connectivity index (χ4v) is 2.47. The van der Waals surface area contributed by atoms with E-state index in [2.05, 4.69) is 11.9 Å². The number of aromatic hydroxyl groups is 2. The van der Waals surface area contributed by atoms with Crippen molar-refractivity contribution in [1.82, 2.24) is 14.1 Å². The number of rotatable bonds is 8. The van der Waals surface area contributed by atoms with Crippen molar-refractivity contribution < 1.29 is 14.6 Å². The summed E-state index contributed by atoms with van der Waals surface area (Å²) in [4.78, 5) is 3.96. The summed E-state index contributed by atoms with van der Waals surface area (Å²) in [7, 11) is 0. The highest BCUT2D eigenvalue weighted by Crippen LogP contribution is 2.34. The van der Waals surface area contributed by atoms with Gasteiger partial charge in [0.25, 0.3) is 0 Å². The van der Waals surface area contributed by atoms with E-state index >= 15 is 0 Å². The lowest BCUT2D eigenvalue weighted by Gasteiger charge is -2.10. The molecule has 0 saturated heterocycles. The average Bonchev–Trinajstić information content (AvgIpc) is 3.06. The van der Waals surface area contributed by atoms with Crippen LogP contribution in [0.15, 0.2) is 18.7 Å². The second kappa shape index (κ2) is 7.15. The van der Waals surface area contributed by atoms with Crippen molar-refractivity contribution in [1.29, 1.82) is 0 Å². The molecule has 0 spiro atoms. The van der Waals surface area contributed by atoms with Crippen molar-refractivity contribution in [2.75, 3.05) is 0 Å². The highest BCUT2D eigenvalue weighted by Gasteiger charge is 2.21. The van der Waals surface area contributed by atoms with Crippen LogP contribution in [0.3, 0.4) is 0 Å². The number of aryl methyl sites for hydroxylation is 1. The molecule has 0 bridgehead atoms. The van der Waals surface area contributed by atoms with Crippen LogP contribution in [0.1, 0.15) is 38.3 Å². The number of unbranched alkanes of at least 4 members (excludes halogenated alkanes) is 2. The van der Waals surface area contributed by atoms with E-state index in [4.69, 9.17) is 0 Å². The molecule has 5 nitrogen and oxygen atoms in total. The van der Waals surface area contributed by atoms with Gasteiger partial charge in [0, 0.05) is 25.5 Å². The number of halogens is 1. The van der Waals surface area contributed by atoms with Crippen molar-refractivity contribution in [2.24, 2.45) is 0 Å². The topological polar surface area (TPSA) is 63.2 Å². The van der Waals surface area contributed by atoms with Gasteiger partial charge in [0.05, 0.1) is 12.0 Å². The zero-order valence-electron chi connectivity index (χ0n) is 12.3. The van der Waals surface area contributed by atoms with Gasteiger partial charge in [-0.3, -0.25) is 0 Å². The van der Waals surface area contributed by atoms with Gasteiger partial charge in [-0.05, 0) is 19.3 Å². The first kappa shape index (κ1) is 15.4. The van der Waals surface area contributed by atoms with Crippen molar-refractivity contribution in [2.45, 2.75) is 52.1 Å². The summed E-state index contributed by atoms with van der Waals surface area (Å²) < 4.78 is 17.4. The Kier molecular flexibility index (Phi) is 5.25. The molecule has 21 heavy (non-hydrogen) atoms. The van der Waals surface area contributed by atoms with Gasteiger partial charge in [-0.15, -0.1) is 0 Å². The average molecular weight is 295 g/mol. The molecule has 0 saturated carbocycles. The summed E-state index contributed by atoms with van der Waals surface area (Å²) >= 11 is 0. The molecule has 0 aliphatic heterocycles. The minimum absolute atomic E-state index is 0.371. The maximum absolute atomic E-state index is 14.0. The fraction of sp³-hybridized carbons (Fsp3) is 0.533. The molecule has 2 rings (SSSR count). The molecule has 0 radical (unpaired) electrons. The SMILES string of the molecule is CCCCCc1c(F)c(O)c(O)n1CCCn1ccnc1. The first-order valence-electron chi connectivity index (χ1n) is 7.39. The predicted octanol–water partition coefficient (Wildman–Crippen LogP) is 3.06. The van der Waals surface area contributed by atoms with E-state index in [1.54, 1.807) is 12.5 Å². The second-order valence-electron chi connectivity index (χ2n) is 5.20. The maximum atomic E-state index is 14.0. The Bertz CT molecular complexity index is 564. The van der Waals surface area contributed by atoms with Crippen LogP contribution in [0.2, 0.25) is 0 Å². The second-order valence-corrected chi connectivity index (χ2v) is 5.20. The molecule has 2 aromatic rings. The van der Waals surface area contributed by atoms with Gasteiger partial charge >= 0.3 is 0 Å². The lowest BCUT2D eigenvalue weighted by atomic mass is 10.1. The molecule has 0 amide bonds. The Hall–Kier alpha value is -1.98. The Morgan fingerprint density at radius 2 is 2.00 bits per heavy atom. The van der Waals surface area contributed by atoms with Crippen LogP contribution < -0.4 is 0 Å². The van der Waals surface area contributed by atoms with Gasteiger partial charge in [-0.2, -0.15) is 0 Å². The third kappa shape index (κ3) is 3.56. The number of aromatic nitrogens is 3. The summed E-state index contributed by atoms with van der Waals surface area (Å²) in [5.41, 5.74) is 0.393. The van der Waals surface area contributed by atoms with Crippen LogP contribution in [0.25, 0.3) is 0 Å². The van der Waals surface area contributed by atoms with E-state index in [-0.39, 0.29) is 5.88 Å². The van der Waals surface area contributed by atoms with Gasteiger partial charge in [-0.1, -0.05) is 19.8 Å². The van der Waals surface area contributed by atoms with E-state index in [1.807, 2.05) is 10.8 Å². The van der Waals surface area contributed by atoms with E-state index in [1.165, 1.54) is 4.57 Å². The van der Waals surface area contributed by atoms with Crippen LogP contribution in [-0.2, 0) is 19.5 Å². The van der Waals surface area contributed by atoms with Crippen molar-refractivity contribution in [3.8, 4) is 11.6 Å². The smallest absolute Gasteiger partial charge is 0.238 e. The van der Waals surface area contributed by atoms with E-state index < -0.39 is 11.6 Å². The summed E-state index contributed by atoms with van der Waals surface area (Å²) in [6.45, 7) is 3.27. The number of hydrogen-bond acceptors (Lipinski definition) is 3. The summed E-state index contributed by atoms with van der Waals surface area (Å²) in [6.07, 6.45) is 9.41. The Balaban J connectivity index is 2.03. The molecule has 0 unspecified atom stereocenters. The summed E-state index contributed by atoms with van der Waals surface area (Å²) in [5.74, 6) is -1.69. The molecule has 0 fully saturated rings. The zero-order chi connectivity index (χ0) is 15.2. The first-order chi connectivity index (χ1) is 10.1. The number of hydrogen-bond donors (Lipinski definition) is 2. The van der Waals surface area contributed by atoms with Crippen molar-refractivity contribution in [3.05, 3.63) is 30.2 Å². The van der Waals surface area contributed by atoms with Crippen LogP contribution >= 0.6 is 0 Å². The third-order valence-electron chi connectivity index (χ3n) is 3.63. The molecule has 0 aromatic carbocycles. The molecule has 2 aromatic heterocycles. The lowest BCUT2D eigenvalue weighted by Crippen LogP contribution is -2.07. The first-order valence-corrected chi connectivity index (χ1v) is 7.39. The van der Waals surface area contributed by atoms with Gasteiger partial charge < -0.3 is 19.3 Å². The summed E-state index contributed by atoms with van der Waals surface area (Å²) in [5, 5.41) is 19.5. The van der Waals surface area contributed by atoms with Crippen LogP contribution in [0.4, 0.5) is 4.39 Å². The third-order valence-corrected chi connectivity index (χ3v) is 3.63. The number of nitrogens with zero attached hydrogens (tertiary/aromatic N) is 3. The van der Waals surface area contributed by atoms with Crippen LogP contribution in [-0.4, -0.2) is 24.3 Å². The Morgan fingerprint density at radius 3 is 2.67 bits per heavy atom. The minimum Gasteiger partial charge on any atom is -0.501 e. The monoisotopic (exact) mass is 295 g/mol. The fourth-order valence-electron chi connectivity index (χ4n) is 2.47. The highest BCUT2D eigenvalue weighted by molar-refractivity contribution is 5.39.